The molecule has 0 amide bonds. The molecular weight excluding hydrogens is 448 g/mol. The van der Waals surface area contributed by atoms with Crippen LogP contribution in [0.3, 0.4) is 0 Å². The number of Topliss-reactive ketones (excluding diaryl/α,β-unsaturated/α-hetero) is 1. The van der Waals surface area contributed by atoms with Gasteiger partial charge in [0.15, 0.2) is 0 Å². The number of carbonyl (C=O) groups excluding carboxylic acids is 3. The summed E-state index contributed by atoms with van der Waals surface area (Å²) in [6.45, 7) is 2.25. The summed E-state index contributed by atoms with van der Waals surface area (Å²) in [5.74, 6) is 3.78. The van der Waals surface area contributed by atoms with Gasteiger partial charge in [-0.05, 0) is 30.2 Å². The van der Waals surface area contributed by atoms with Crippen molar-refractivity contribution in [1.29, 1.82) is 0 Å². The molecule has 1 aliphatic heterocycles. The maximum Gasteiger partial charge on any atom is 0.330 e. The molecule has 0 unspecified atom stereocenters. The number of aromatic amines is 1. The first-order valence-electron chi connectivity index (χ1n) is 10.2. The molecule has 1 aliphatic rings. The SMILES string of the molecule is COc1ccc(C(=O)C#Cc2cn([C@H]3C[C@H](OC(C)=O)[C@@H](COC(C)=O)O3)c(=O)[nH]c2=O)cc1. The molecule has 34 heavy (non-hydrogen) atoms. The van der Waals surface area contributed by atoms with E-state index in [0.29, 0.717) is 11.3 Å². The fourth-order valence-electron chi connectivity index (χ4n) is 3.28. The number of nitrogens with one attached hydrogen (secondary N) is 1. The van der Waals surface area contributed by atoms with Gasteiger partial charge in [-0.15, -0.1) is 0 Å². The zero-order valence-corrected chi connectivity index (χ0v) is 18.7. The highest BCUT2D eigenvalue weighted by Gasteiger charge is 2.39. The average molecular weight is 470 g/mol. The van der Waals surface area contributed by atoms with Crippen molar-refractivity contribution >= 4 is 17.7 Å². The topological polar surface area (TPSA) is 143 Å². The van der Waals surface area contributed by atoms with Gasteiger partial charge in [0, 0.05) is 32.0 Å². The van der Waals surface area contributed by atoms with E-state index in [-0.39, 0.29) is 18.6 Å². The molecule has 0 radical (unpaired) electrons. The summed E-state index contributed by atoms with van der Waals surface area (Å²) in [7, 11) is 1.50. The number of benzene rings is 1. The fraction of sp³-hybridized carbons (Fsp3) is 0.348. The largest absolute Gasteiger partial charge is 0.497 e. The molecule has 2 heterocycles. The Morgan fingerprint density at radius 2 is 1.85 bits per heavy atom. The lowest BCUT2D eigenvalue weighted by Gasteiger charge is -2.17. The minimum Gasteiger partial charge on any atom is -0.497 e. The maximum absolute atomic E-state index is 12.4. The Morgan fingerprint density at radius 1 is 1.15 bits per heavy atom. The highest BCUT2D eigenvalue weighted by atomic mass is 16.6. The van der Waals surface area contributed by atoms with Crippen LogP contribution < -0.4 is 16.0 Å². The number of H-pyrrole nitrogens is 1. The number of aromatic nitrogens is 2. The maximum atomic E-state index is 12.4. The minimum absolute atomic E-state index is 0.0646. The molecule has 0 bridgehead atoms. The normalized spacial score (nSPS) is 19.0. The summed E-state index contributed by atoms with van der Waals surface area (Å²) < 4.78 is 22.1. The number of ketones is 1. The van der Waals surface area contributed by atoms with Crippen LogP contribution in [0, 0.1) is 11.8 Å². The Bertz CT molecular complexity index is 1260. The Kier molecular flexibility index (Phi) is 7.65. The lowest BCUT2D eigenvalue weighted by Crippen LogP contribution is -2.34. The van der Waals surface area contributed by atoms with Gasteiger partial charge in [-0.2, -0.15) is 0 Å². The summed E-state index contributed by atoms with van der Waals surface area (Å²) in [6, 6.07) is 6.27. The van der Waals surface area contributed by atoms with Gasteiger partial charge in [-0.3, -0.25) is 28.7 Å². The molecule has 1 aromatic heterocycles. The molecule has 0 aliphatic carbocycles. The van der Waals surface area contributed by atoms with Crippen molar-refractivity contribution in [3.63, 3.8) is 0 Å². The van der Waals surface area contributed by atoms with Crippen molar-refractivity contribution in [3.8, 4) is 17.6 Å². The molecule has 3 atom stereocenters. The molecule has 11 heteroatoms. The first-order chi connectivity index (χ1) is 16.2. The van der Waals surface area contributed by atoms with Crippen LogP contribution in [0.4, 0.5) is 0 Å². The van der Waals surface area contributed by atoms with E-state index in [1.54, 1.807) is 12.1 Å². The van der Waals surface area contributed by atoms with Crippen LogP contribution in [-0.4, -0.2) is 53.2 Å². The van der Waals surface area contributed by atoms with Crippen LogP contribution in [0.2, 0.25) is 0 Å². The van der Waals surface area contributed by atoms with Crippen molar-refractivity contribution in [1.82, 2.24) is 9.55 Å². The van der Waals surface area contributed by atoms with E-state index in [1.165, 1.54) is 39.3 Å². The first-order valence-corrected chi connectivity index (χ1v) is 10.2. The third-order valence-electron chi connectivity index (χ3n) is 4.89. The third-order valence-corrected chi connectivity index (χ3v) is 4.89. The Balaban J connectivity index is 1.85. The second-order valence-corrected chi connectivity index (χ2v) is 7.33. The molecule has 11 nitrogen and oxygen atoms in total. The quantitative estimate of drug-likeness (QED) is 0.364. The number of methoxy groups -OCH3 is 1. The van der Waals surface area contributed by atoms with E-state index in [4.69, 9.17) is 18.9 Å². The second kappa shape index (κ2) is 10.6. The van der Waals surface area contributed by atoms with Crippen LogP contribution in [0.1, 0.15) is 42.4 Å². The monoisotopic (exact) mass is 470 g/mol. The fourth-order valence-corrected chi connectivity index (χ4v) is 3.28. The van der Waals surface area contributed by atoms with Crippen LogP contribution in [-0.2, 0) is 23.8 Å². The van der Waals surface area contributed by atoms with Crippen molar-refractivity contribution < 1.29 is 33.3 Å². The van der Waals surface area contributed by atoms with Crippen LogP contribution in [0.25, 0.3) is 0 Å². The van der Waals surface area contributed by atoms with Gasteiger partial charge >= 0.3 is 17.6 Å². The second-order valence-electron chi connectivity index (χ2n) is 7.33. The van der Waals surface area contributed by atoms with Gasteiger partial charge in [-0.25, -0.2) is 4.79 Å². The zero-order chi connectivity index (χ0) is 24.8. The molecule has 1 N–H and O–H groups in total. The molecule has 178 valence electrons. The van der Waals surface area contributed by atoms with E-state index in [2.05, 4.69) is 16.8 Å². The highest BCUT2D eigenvalue weighted by molar-refractivity contribution is 6.09. The first kappa shape index (κ1) is 24.5. The number of hydrogen-bond acceptors (Lipinski definition) is 9. The number of esters is 2. The lowest BCUT2D eigenvalue weighted by molar-refractivity contribution is -0.155. The van der Waals surface area contributed by atoms with Crippen molar-refractivity contribution in [2.24, 2.45) is 0 Å². The summed E-state index contributed by atoms with van der Waals surface area (Å²) in [5.41, 5.74) is -1.40. The van der Waals surface area contributed by atoms with Gasteiger partial charge in [0.2, 0.25) is 5.78 Å². The highest BCUT2D eigenvalue weighted by Crippen LogP contribution is 2.30. The summed E-state index contributed by atoms with van der Waals surface area (Å²) in [6.07, 6.45) is -1.31. The van der Waals surface area contributed by atoms with E-state index in [0.717, 1.165) is 4.57 Å². The number of ether oxygens (including phenoxy) is 4. The Labute approximate surface area is 193 Å². The Morgan fingerprint density at radius 3 is 2.47 bits per heavy atom. The molecule has 1 aromatic carbocycles. The van der Waals surface area contributed by atoms with Gasteiger partial charge in [0.05, 0.1) is 7.11 Å². The smallest absolute Gasteiger partial charge is 0.330 e. The van der Waals surface area contributed by atoms with Gasteiger partial charge in [0.1, 0.15) is 36.4 Å². The molecule has 2 aromatic rings. The van der Waals surface area contributed by atoms with E-state index in [9.17, 15) is 24.0 Å². The summed E-state index contributed by atoms with van der Waals surface area (Å²) in [4.78, 5) is 61.7. The van der Waals surface area contributed by atoms with Crippen molar-refractivity contribution in [2.45, 2.75) is 38.7 Å². The van der Waals surface area contributed by atoms with Crippen LogP contribution in [0.15, 0.2) is 40.1 Å². The molecule has 1 saturated heterocycles. The van der Waals surface area contributed by atoms with E-state index in [1.807, 2.05) is 0 Å². The minimum atomic E-state index is -0.938. The third kappa shape index (κ3) is 5.99. The molecule has 0 saturated carbocycles. The lowest BCUT2D eigenvalue weighted by atomic mass is 10.1. The zero-order valence-electron chi connectivity index (χ0n) is 18.7. The molecule has 3 rings (SSSR count). The number of carbonyl (C=O) groups is 3. The van der Waals surface area contributed by atoms with Gasteiger partial charge in [0.25, 0.3) is 5.56 Å². The van der Waals surface area contributed by atoms with E-state index < -0.39 is 47.4 Å². The summed E-state index contributed by atoms with van der Waals surface area (Å²) in [5, 5.41) is 0. The number of nitrogens with zero attached hydrogens (tertiary/aromatic N) is 1. The molecular formula is C23H22N2O9. The van der Waals surface area contributed by atoms with Gasteiger partial charge in [-0.1, -0.05) is 5.92 Å². The van der Waals surface area contributed by atoms with E-state index >= 15 is 0 Å². The molecule has 0 spiro atoms. The van der Waals surface area contributed by atoms with Crippen LogP contribution >= 0.6 is 0 Å². The summed E-state index contributed by atoms with van der Waals surface area (Å²) >= 11 is 0. The average Bonchev–Trinajstić information content (AvgIpc) is 3.18. The standard InChI is InChI=1S/C23H22N2O9/c1-13(26)32-12-20-19(33-14(2)27)10-21(34-20)25-11-16(22(29)24-23(25)30)6-9-18(28)15-4-7-17(31-3)8-5-15/h4-5,7-8,11,19-21H,10,12H2,1-3H3,(H,24,29,30)/t19-,20+,21+/m0/s1. The number of hydrogen-bond donors (Lipinski definition) is 1. The van der Waals surface area contributed by atoms with Crippen LogP contribution in [0.5, 0.6) is 5.75 Å². The van der Waals surface area contributed by atoms with Crippen molar-refractivity contribution in [2.75, 3.05) is 13.7 Å². The predicted octanol–water partition coefficient (Wildman–Crippen LogP) is 0.562. The number of rotatable bonds is 6. The Hall–Kier alpha value is -4.17. The molecule has 1 fully saturated rings. The predicted molar refractivity (Wildman–Crippen MR) is 116 cm³/mol. The van der Waals surface area contributed by atoms with Gasteiger partial charge < -0.3 is 18.9 Å². The van der Waals surface area contributed by atoms with Crippen molar-refractivity contribution in [3.05, 3.63) is 62.4 Å².